The molecule has 0 bridgehead atoms. The molecule has 154 valence electrons. The minimum absolute atomic E-state index is 0.107. The van der Waals surface area contributed by atoms with Gasteiger partial charge >= 0.3 is 0 Å². The number of piperazine rings is 1. The zero-order chi connectivity index (χ0) is 20.6. The molecule has 4 rings (SSSR count). The predicted octanol–water partition coefficient (Wildman–Crippen LogP) is 3.02. The number of hydrogen-bond acceptors (Lipinski definition) is 5. The molecule has 0 spiro atoms. The van der Waals surface area contributed by atoms with Gasteiger partial charge in [-0.1, -0.05) is 19.1 Å². The SMILES string of the molecule is C[C@@H]1CSc2ccc(S(=O)(=O)N3CCN(c4ccccc4F)CC3)cc2NC1=O. The van der Waals surface area contributed by atoms with Gasteiger partial charge in [0.1, 0.15) is 5.82 Å². The fourth-order valence-corrected chi connectivity index (χ4v) is 5.93. The normalized spacial score (nSPS) is 20.7. The molecule has 2 aromatic carbocycles. The second kappa shape index (κ2) is 7.97. The number of nitrogens with one attached hydrogen (secondary N) is 1. The quantitative estimate of drug-likeness (QED) is 0.803. The molecule has 2 aromatic rings. The van der Waals surface area contributed by atoms with Crippen LogP contribution in [0.5, 0.6) is 0 Å². The number of benzene rings is 2. The fraction of sp³-hybridized carbons (Fsp3) is 0.350. The number of hydrogen-bond donors (Lipinski definition) is 1. The Hall–Kier alpha value is -2.10. The Bertz CT molecular complexity index is 1040. The first-order valence-corrected chi connectivity index (χ1v) is 11.9. The van der Waals surface area contributed by atoms with E-state index in [-0.39, 0.29) is 35.6 Å². The van der Waals surface area contributed by atoms with Crippen molar-refractivity contribution in [2.75, 3.05) is 42.1 Å². The van der Waals surface area contributed by atoms with E-state index < -0.39 is 10.0 Å². The van der Waals surface area contributed by atoms with Gasteiger partial charge in [0.2, 0.25) is 15.9 Å². The van der Waals surface area contributed by atoms with Crippen molar-refractivity contribution in [1.82, 2.24) is 4.31 Å². The van der Waals surface area contributed by atoms with Crippen LogP contribution in [-0.2, 0) is 14.8 Å². The molecule has 29 heavy (non-hydrogen) atoms. The van der Waals surface area contributed by atoms with E-state index in [0.29, 0.717) is 30.2 Å². The van der Waals surface area contributed by atoms with Gasteiger partial charge in [-0.3, -0.25) is 4.79 Å². The van der Waals surface area contributed by atoms with Crippen LogP contribution in [0.15, 0.2) is 52.3 Å². The van der Waals surface area contributed by atoms with Crippen molar-refractivity contribution in [3.05, 3.63) is 48.3 Å². The van der Waals surface area contributed by atoms with Crippen LogP contribution in [0, 0.1) is 11.7 Å². The number of halogens is 1. The Morgan fingerprint density at radius 1 is 1.10 bits per heavy atom. The number of carbonyl (C=O) groups excluding carboxylic acids is 1. The summed E-state index contributed by atoms with van der Waals surface area (Å²) >= 11 is 1.54. The van der Waals surface area contributed by atoms with Crippen molar-refractivity contribution >= 4 is 39.1 Å². The van der Waals surface area contributed by atoms with E-state index in [0.717, 1.165) is 4.90 Å². The van der Waals surface area contributed by atoms with Gasteiger partial charge in [0.15, 0.2) is 0 Å². The minimum atomic E-state index is -3.70. The highest BCUT2D eigenvalue weighted by Crippen LogP contribution is 2.35. The second-order valence-electron chi connectivity index (χ2n) is 7.20. The summed E-state index contributed by atoms with van der Waals surface area (Å²) in [5, 5.41) is 2.83. The van der Waals surface area contributed by atoms with E-state index in [2.05, 4.69) is 5.32 Å². The van der Waals surface area contributed by atoms with Crippen LogP contribution >= 0.6 is 11.8 Å². The Morgan fingerprint density at radius 2 is 1.83 bits per heavy atom. The molecule has 0 unspecified atom stereocenters. The monoisotopic (exact) mass is 435 g/mol. The van der Waals surface area contributed by atoms with E-state index in [1.54, 1.807) is 42.1 Å². The van der Waals surface area contributed by atoms with Crippen LogP contribution in [0.1, 0.15) is 6.92 Å². The maximum Gasteiger partial charge on any atom is 0.243 e. The highest BCUT2D eigenvalue weighted by atomic mass is 32.2. The summed E-state index contributed by atoms with van der Waals surface area (Å²) in [5.41, 5.74) is 1.03. The maximum absolute atomic E-state index is 14.0. The lowest BCUT2D eigenvalue weighted by atomic mass is 10.2. The van der Waals surface area contributed by atoms with Crippen molar-refractivity contribution in [2.24, 2.45) is 5.92 Å². The van der Waals surface area contributed by atoms with Crippen LogP contribution in [0.2, 0.25) is 0 Å². The molecular formula is C20H22FN3O3S2. The van der Waals surface area contributed by atoms with Gasteiger partial charge in [0.25, 0.3) is 0 Å². The van der Waals surface area contributed by atoms with Gasteiger partial charge in [0, 0.05) is 42.7 Å². The molecule has 2 aliphatic rings. The van der Waals surface area contributed by atoms with Gasteiger partial charge in [-0.05, 0) is 30.3 Å². The van der Waals surface area contributed by atoms with E-state index in [4.69, 9.17) is 0 Å². The molecule has 0 aromatic heterocycles. The summed E-state index contributed by atoms with van der Waals surface area (Å²) in [4.78, 5) is 15.0. The summed E-state index contributed by atoms with van der Waals surface area (Å²) < 4.78 is 41.7. The average molecular weight is 436 g/mol. The van der Waals surface area contributed by atoms with Gasteiger partial charge in [-0.2, -0.15) is 4.31 Å². The molecule has 1 atom stereocenters. The Balaban J connectivity index is 1.52. The van der Waals surface area contributed by atoms with Crippen molar-refractivity contribution in [3.63, 3.8) is 0 Å². The first-order chi connectivity index (χ1) is 13.9. The summed E-state index contributed by atoms with van der Waals surface area (Å²) in [6, 6.07) is 11.4. The molecule has 1 fully saturated rings. The van der Waals surface area contributed by atoms with E-state index in [1.165, 1.54) is 16.4 Å². The first kappa shape index (κ1) is 20.2. The lowest BCUT2D eigenvalue weighted by Crippen LogP contribution is -2.48. The maximum atomic E-state index is 14.0. The third-order valence-corrected chi connectivity index (χ3v) is 8.44. The number of thioether (sulfide) groups is 1. The van der Waals surface area contributed by atoms with Gasteiger partial charge < -0.3 is 10.2 Å². The molecule has 1 amide bonds. The van der Waals surface area contributed by atoms with Crippen LogP contribution in [-0.4, -0.2) is 50.6 Å². The second-order valence-corrected chi connectivity index (χ2v) is 10.2. The largest absolute Gasteiger partial charge is 0.367 e. The highest BCUT2D eigenvalue weighted by Gasteiger charge is 2.30. The number of amides is 1. The molecule has 1 saturated heterocycles. The average Bonchev–Trinajstić information content (AvgIpc) is 2.86. The number of fused-ring (bicyclic) bond motifs is 1. The molecule has 0 aliphatic carbocycles. The first-order valence-electron chi connectivity index (χ1n) is 9.43. The summed E-state index contributed by atoms with van der Waals surface area (Å²) in [6.07, 6.45) is 0. The van der Waals surface area contributed by atoms with Crippen molar-refractivity contribution in [2.45, 2.75) is 16.7 Å². The third kappa shape index (κ3) is 3.99. The number of carbonyl (C=O) groups is 1. The highest BCUT2D eigenvalue weighted by molar-refractivity contribution is 7.99. The van der Waals surface area contributed by atoms with Crippen molar-refractivity contribution in [1.29, 1.82) is 0 Å². The Labute approximate surface area is 174 Å². The molecule has 9 heteroatoms. The fourth-order valence-electron chi connectivity index (χ4n) is 3.47. The van der Waals surface area contributed by atoms with Crippen LogP contribution in [0.4, 0.5) is 15.8 Å². The summed E-state index contributed by atoms with van der Waals surface area (Å²) in [5.74, 6) is 0.100. The summed E-state index contributed by atoms with van der Waals surface area (Å²) in [6.45, 7) is 3.21. The molecular weight excluding hydrogens is 413 g/mol. The molecule has 1 N–H and O–H groups in total. The van der Waals surface area contributed by atoms with Crippen molar-refractivity contribution in [3.8, 4) is 0 Å². The smallest absolute Gasteiger partial charge is 0.243 e. The number of nitrogens with zero attached hydrogens (tertiary/aromatic N) is 2. The van der Waals surface area contributed by atoms with Gasteiger partial charge in [-0.15, -0.1) is 11.8 Å². The Morgan fingerprint density at radius 3 is 2.55 bits per heavy atom. The van der Waals surface area contributed by atoms with Crippen LogP contribution in [0.3, 0.4) is 0 Å². The summed E-state index contributed by atoms with van der Waals surface area (Å²) in [7, 11) is -3.70. The van der Waals surface area contributed by atoms with E-state index >= 15 is 0 Å². The third-order valence-electron chi connectivity index (χ3n) is 5.21. The molecule has 2 heterocycles. The lowest BCUT2D eigenvalue weighted by Gasteiger charge is -2.35. The Kier molecular flexibility index (Phi) is 5.54. The molecule has 2 aliphatic heterocycles. The zero-order valence-corrected chi connectivity index (χ0v) is 17.6. The number of anilines is 2. The van der Waals surface area contributed by atoms with Crippen molar-refractivity contribution < 1.29 is 17.6 Å². The molecule has 6 nitrogen and oxygen atoms in total. The van der Waals surface area contributed by atoms with E-state index in [1.807, 2.05) is 11.8 Å². The number of para-hydroxylation sites is 1. The zero-order valence-electron chi connectivity index (χ0n) is 16.0. The molecule has 0 saturated carbocycles. The van der Waals surface area contributed by atoms with E-state index in [9.17, 15) is 17.6 Å². The topological polar surface area (TPSA) is 69.7 Å². The van der Waals surface area contributed by atoms with Crippen LogP contribution in [0.25, 0.3) is 0 Å². The minimum Gasteiger partial charge on any atom is -0.367 e. The lowest BCUT2D eigenvalue weighted by molar-refractivity contribution is -0.118. The predicted molar refractivity (Wildman–Crippen MR) is 112 cm³/mol. The van der Waals surface area contributed by atoms with Gasteiger partial charge in [-0.25, -0.2) is 12.8 Å². The van der Waals surface area contributed by atoms with Gasteiger partial charge in [0.05, 0.1) is 16.3 Å². The number of rotatable bonds is 3. The number of sulfonamides is 1. The molecule has 0 radical (unpaired) electrons. The van der Waals surface area contributed by atoms with Crippen LogP contribution < -0.4 is 10.2 Å². The standard InChI is InChI=1S/C20H22FN3O3S2/c1-14-13-28-19-7-6-15(12-17(19)22-20(14)25)29(26,27)24-10-8-23(9-11-24)18-5-3-2-4-16(18)21/h2-7,12,14H,8-11,13H2,1H3,(H,22,25)/t14-/m1/s1.